The van der Waals surface area contributed by atoms with E-state index in [1.54, 1.807) is 18.5 Å². The van der Waals surface area contributed by atoms with Crippen LogP contribution in [0.5, 0.6) is 0 Å². The van der Waals surface area contributed by atoms with Crippen molar-refractivity contribution in [1.29, 1.82) is 0 Å². The Labute approximate surface area is 89.9 Å². The number of nitrogen functional groups attached to an aromatic ring is 1. The molecule has 0 fully saturated rings. The summed E-state index contributed by atoms with van der Waals surface area (Å²) in [5.41, 5.74) is 7.19. The highest BCUT2D eigenvalue weighted by Gasteiger charge is 2.05. The van der Waals surface area contributed by atoms with E-state index in [1.807, 2.05) is 7.05 Å². The number of ketones is 1. The van der Waals surface area contributed by atoms with Crippen LogP contribution in [0.25, 0.3) is 0 Å². The van der Waals surface area contributed by atoms with Crippen molar-refractivity contribution in [2.45, 2.75) is 19.3 Å². The molecule has 0 saturated heterocycles. The highest BCUT2D eigenvalue weighted by atomic mass is 16.1. The van der Waals surface area contributed by atoms with Gasteiger partial charge in [0.05, 0.1) is 0 Å². The highest BCUT2D eigenvalue weighted by molar-refractivity contribution is 5.82. The van der Waals surface area contributed by atoms with Crippen LogP contribution in [0.4, 0.5) is 5.69 Å². The predicted molar refractivity (Wildman–Crippen MR) is 60.5 cm³/mol. The topological polar surface area (TPSA) is 68.0 Å². The van der Waals surface area contributed by atoms with Crippen molar-refractivity contribution in [3.8, 4) is 0 Å². The van der Waals surface area contributed by atoms with E-state index in [2.05, 4.69) is 10.3 Å². The molecule has 0 spiro atoms. The van der Waals surface area contributed by atoms with Crippen LogP contribution < -0.4 is 11.1 Å². The fraction of sp³-hybridized carbons (Fsp3) is 0.455. The zero-order chi connectivity index (χ0) is 11.1. The number of aromatic nitrogens is 1. The Bertz CT molecular complexity index is 325. The third kappa shape index (κ3) is 4.08. The second-order valence-electron chi connectivity index (χ2n) is 3.50. The number of anilines is 1. The van der Waals surface area contributed by atoms with Crippen molar-refractivity contribution in [1.82, 2.24) is 10.3 Å². The van der Waals surface area contributed by atoms with Crippen LogP contribution in [0, 0.1) is 0 Å². The summed E-state index contributed by atoms with van der Waals surface area (Å²) in [5.74, 6) is 0.213. The van der Waals surface area contributed by atoms with Gasteiger partial charge in [-0.1, -0.05) is 0 Å². The molecule has 0 radical (unpaired) electrons. The van der Waals surface area contributed by atoms with Gasteiger partial charge in [-0.05, 0) is 26.1 Å². The summed E-state index contributed by atoms with van der Waals surface area (Å²) < 4.78 is 0. The minimum Gasteiger partial charge on any atom is -0.398 e. The van der Waals surface area contributed by atoms with Crippen molar-refractivity contribution >= 4 is 11.5 Å². The molecule has 1 aromatic heterocycles. The molecule has 3 N–H and O–H groups in total. The third-order valence-corrected chi connectivity index (χ3v) is 2.21. The average Bonchev–Trinajstić information content (AvgIpc) is 2.22. The summed E-state index contributed by atoms with van der Waals surface area (Å²) in [5, 5.41) is 3.01. The van der Waals surface area contributed by atoms with Gasteiger partial charge in [0, 0.05) is 36.5 Å². The number of carbonyl (C=O) groups excluding carboxylic acids is 1. The first-order chi connectivity index (χ1) is 7.24. The third-order valence-electron chi connectivity index (χ3n) is 2.21. The molecule has 0 aliphatic rings. The number of nitrogens with zero attached hydrogens (tertiary/aromatic N) is 1. The van der Waals surface area contributed by atoms with Gasteiger partial charge in [-0.3, -0.25) is 9.78 Å². The zero-order valence-corrected chi connectivity index (χ0v) is 8.99. The number of hydrogen-bond acceptors (Lipinski definition) is 4. The highest BCUT2D eigenvalue weighted by Crippen LogP contribution is 2.10. The Morgan fingerprint density at radius 3 is 3.07 bits per heavy atom. The largest absolute Gasteiger partial charge is 0.398 e. The molecule has 0 bridgehead atoms. The number of hydrogen-bond donors (Lipinski definition) is 2. The summed E-state index contributed by atoms with van der Waals surface area (Å²) in [6, 6.07) is 1.72. The van der Waals surface area contributed by atoms with E-state index in [0.29, 0.717) is 18.5 Å². The second kappa shape index (κ2) is 6.14. The zero-order valence-electron chi connectivity index (χ0n) is 8.99. The number of Topliss-reactive ketones (excluding diaryl/α,β-unsaturated/α-hetero) is 1. The number of nitrogens with one attached hydrogen (secondary N) is 1. The molecule has 1 heterocycles. The SMILES string of the molecule is CNCCCC(=O)Cc1cnccc1N. The van der Waals surface area contributed by atoms with Gasteiger partial charge >= 0.3 is 0 Å². The van der Waals surface area contributed by atoms with Crippen LogP contribution >= 0.6 is 0 Å². The first-order valence-corrected chi connectivity index (χ1v) is 5.08. The molecule has 0 saturated carbocycles. The minimum absolute atomic E-state index is 0.213. The van der Waals surface area contributed by atoms with Gasteiger partial charge in [0.1, 0.15) is 5.78 Å². The van der Waals surface area contributed by atoms with E-state index in [9.17, 15) is 4.79 Å². The standard InChI is InChI=1S/C11H17N3O/c1-13-5-2-3-10(15)7-9-8-14-6-4-11(9)12/h4,6,8,13H,2-3,5,7H2,1H3,(H2,12,14). The lowest BCUT2D eigenvalue weighted by atomic mass is 10.1. The quantitative estimate of drug-likeness (QED) is 0.676. The molecule has 0 aliphatic heterocycles. The molecule has 4 nitrogen and oxygen atoms in total. The maximum atomic E-state index is 11.5. The van der Waals surface area contributed by atoms with Gasteiger partial charge in [0.25, 0.3) is 0 Å². The van der Waals surface area contributed by atoms with E-state index in [0.717, 1.165) is 18.5 Å². The van der Waals surface area contributed by atoms with Crippen molar-refractivity contribution < 1.29 is 4.79 Å². The summed E-state index contributed by atoms with van der Waals surface area (Å²) in [7, 11) is 1.88. The molecule has 0 atom stereocenters. The maximum Gasteiger partial charge on any atom is 0.137 e. The van der Waals surface area contributed by atoms with E-state index < -0.39 is 0 Å². The lowest BCUT2D eigenvalue weighted by Gasteiger charge is -2.03. The van der Waals surface area contributed by atoms with Gasteiger partial charge in [0.15, 0.2) is 0 Å². The van der Waals surface area contributed by atoms with Crippen LogP contribution in [0.1, 0.15) is 18.4 Å². The first-order valence-electron chi connectivity index (χ1n) is 5.08. The first kappa shape index (κ1) is 11.7. The fourth-order valence-electron chi connectivity index (χ4n) is 1.35. The Balaban J connectivity index is 2.41. The molecule has 4 heteroatoms. The van der Waals surface area contributed by atoms with E-state index in [1.165, 1.54) is 0 Å². The molecule has 82 valence electrons. The predicted octanol–water partition coefficient (Wildman–Crippen LogP) is 0.775. The van der Waals surface area contributed by atoms with Crippen LogP contribution in [0.2, 0.25) is 0 Å². The van der Waals surface area contributed by atoms with Crippen LogP contribution in [-0.4, -0.2) is 24.4 Å². The maximum absolute atomic E-state index is 11.5. The van der Waals surface area contributed by atoms with Crippen LogP contribution in [0.15, 0.2) is 18.5 Å². The number of rotatable bonds is 6. The molecule has 0 unspecified atom stereocenters. The van der Waals surface area contributed by atoms with Crippen molar-refractivity contribution in [2.75, 3.05) is 19.3 Å². The Hall–Kier alpha value is -1.42. The van der Waals surface area contributed by atoms with Crippen LogP contribution in [0.3, 0.4) is 0 Å². The van der Waals surface area contributed by atoms with E-state index in [4.69, 9.17) is 5.73 Å². The van der Waals surface area contributed by atoms with Gasteiger partial charge in [-0.2, -0.15) is 0 Å². The Kier molecular flexibility index (Phi) is 4.77. The van der Waals surface area contributed by atoms with Crippen LogP contribution in [-0.2, 0) is 11.2 Å². The second-order valence-corrected chi connectivity index (χ2v) is 3.50. The molecule has 15 heavy (non-hydrogen) atoms. The Morgan fingerprint density at radius 1 is 1.60 bits per heavy atom. The van der Waals surface area contributed by atoms with Crippen molar-refractivity contribution in [2.24, 2.45) is 0 Å². The molecule has 0 aliphatic carbocycles. The summed E-state index contributed by atoms with van der Waals surface area (Å²) in [6.45, 7) is 0.869. The molecular weight excluding hydrogens is 190 g/mol. The molecular formula is C11H17N3O. The van der Waals surface area contributed by atoms with Crippen molar-refractivity contribution in [3.63, 3.8) is 0 Å². The fourth-order valence-corrected chi connectivity index (χ4v) is 1.35. The molecule has 1 aromatic rings. The monoisotopic (exact) mass is 207 g/mol. The summed E-state index contributed by atoms with van der Waals surface area (Å²) in [6.07, 6.45) is 5.14. The summed E-state index contributed by atoms with van der Waals surface area (Å²) >= 11 is 0. The van der Waals surface area contributed by atoms with Crippen molar-refractivity contribution in [3.05, 3.63) is 24.0 Å². The lowest BCUT2D eigenvalue weighted by molar-refractivity contribution is -0.118. The molecule has 0 aromatic carbocycles. The molecule has 1 rings (SSSR count). The van der Waals surface area contributed by atoms with Gasteiger partial charge < -0.3 is 11.1 Å². The van der Waals surface area contributed by atoms with Gasteiger partial charge in [0.2, 0.25) is 0 Å². The number of pyridine rings is 1. The van der Waals surface area contributed by atoms with Gasteiger partial charge in [-0.15, -0.1) is 0 Å². The molecule has 0 amide bonds. The van der Waals surface area contributed by atoms with Gasteiger partial charge in [-0.25, -0.2) is 0 Å². The average molecular weight is 207 g/mol. The minimum atomic E-state index is 0.213. The van der Waals surface area contributed by atoms with E-state index >= 15 is 0 Å². The lowest BCUT2D eigenvalue weighted by Crippen LogP contribution is -2.11. The Morgan fingerprint density at radius 2 is 2.40 bits per heavy atom. The summed E-state index contributed by atoms with van der Waals surface area (Å²) in [4.78, 5) is 15.5. The smallest absolute Gasteiger partial charge is 0.137 e. The van der Waals surface area contributed by atoms with E-state index in [-0.39, 0.29) is 5.78 Å². The number of nitrogens with two attached hydrogens (primary N) is 1. The number of carbonyl (C=O) groups is 1. The normalized spacial score (nSPS) is 10.2.